The van der Waals surface area contributed by atoms with Crippen molar-refractivity contribution in [3.8, 4) is 0 Å². The minimum atomic E-state index is -0.997. The number of ketones is 2. The SMILES string of the molecule is CO[C@@H]1/C=C/C=C(/C)C(=O)NC2=CC(=O)C(NCCN(C)C)=C(C[C@@H](C)C[C@@H](OC)[C@@H](O)[C@H](C)/C=C(\C)[C@@H]1OC(N)=O)C2=O. The maximum Gasteiger partial charge on any atom is 0.405 e. The number of likely N-dealkylation sites (N-methyl/N-ethyl adjacent to an activating group) is 1. The Labute approximate surface area is 260 Å². The van der Waals surface area contributed by atoms with Gasteiger partial charge in [-0.3, -0.25) is 14.4 Å². The Morgan fingerprint density at radius 3 is 2.43 bits per heavy atom. The number of nitrogens with two attached hydrogens (primary N) is 1. The molecule has 0 aromatic rings. The third-order valence-electron chi connectivity index (χ3n) is 7.65. The molecule has 0 unspecified atom stereocenters. The predicted molar refractivity (Wildman–Crippen MR) is 166 cm³/mol. The summed E-state index contributed by atoms with van der Waals surface area (Å²) in [5, 5.41) is 17.0. The minimum Gasteiger partial charge on any atom is -0.439 e. The van der Waals surface area contributed by atoms with Gasteiger partial charge in [0.2, 0.25) is 11.6 Å². The number of allylic oxidation sites excluding steroid dienone is 4. The maximum absolute atomic E-state index is 13.7. The van der Waals surface area contributed by atoms with Crippen LogP contribution in [-0.4, -0.2) is 99.4 Å². The average molecular weight is 617 g/mol. The number of fused-ring (bicyclic) bond motifs is 2. The number of aliphatic hydroxyl groups is 1. The molecule has 2 amide bonds. The second-order valence-corrected chi connectivity index (χ2v) is 11.7. The first kappa shape index (κ1) is 36.6. The van der Waals surface area contributed by atoms with Gasteiger partial charge in [-0.05, 0) is 52.3 Å². The number of hydrogen-bond donors (Lipinski definition) is 4. The monoisotopic (exact) mass is 616 g/mol. The van der Waals surface area contributed by atoms with E-state index in [2.05, 4.69) is 10.6 Å². The molecule has 44 heavy (non-hydrogen) atoms. The molecular weight excluding hydrogens is 568 g/mol. The van der Waals surface area contributed by atoms with Crippen molar-refractivity contribution >= 4 is 23.6 Å². The Balaban J connectivity index is 2.60. The first-order chi connectivity index (χ1) is 20.7. The van der Waals surface area contributed by atoms with Crippen LogP contribution in [0.3, 0.4) is 0 Å². The van der Waals surface area contributed by atoms with Gasteiger partial charge in [0.1, 0.15) is 6.10 Å². The van der Waals surface area contributed by atoms with Gasteiger partial charge in [0.25, 0.3) is 5.91 Å². The number of carbonyl (C=O) groups is 4. The molecule has 0 saturated heterocycles. The summed E-state index contributed by atoms with van der Waals surface area (Å²) in [4.78, 5) is 53.7. The van der Waals surface area contributed by atoms with E-state index < -0.39 is 53.9 Å². The van der Waals surface area contributed by atoms with Gasteiger partial charge in [-0.15, -0.1) is 0 Å². The number of nitrogens with zero attached hydrogens (tertiary/aromatic N) is 1. The number of Topliss-reactive ketones (excluding diaryl/α,β-unsaturated/α-hetero) is 1. The van der Waals surface area contributed by atoms with Gasteiger partial charge in [0, 0.05) is 50.4 Å². The lowest BCUT2D eigenvalue weighted by Gasteiger charge is -2.30. The van der Waals surface area contributed by atoms with Gasteiger partial charge in [0.15, 0.2) is 6.10 Å². The largest absolute Gasteiger partial charge is 0.439 e. The van der Waals surface area contributed by atoms with Crippen LogP contribution >= 0.6 is 0 Å². The summed E-state index contributed by atoms with van der Waals surface area (Å²) < 4.78 is 16.6. The summed E-state index contributed by atoms with van der Waals surface area (Å²) in [6.07, 6.45) is 3.88. The fourth-order valence-electron chi connectivity index (χ4n) is 5.18. The molecule has 0 aromatic carbocycles. The summed E-state index contributed by atoms with van der Waals surface area (Å²) >= 11 is 0. The number of methoxy groups -OCH3 is 2. The standard InChI is InChI=1S/C32H48N4O8/c1-18-14-22-27(34-12-13-36(5)6)24(37)17-23(29(22)39)35-31(40)19(2)10-9-11-25(42-7)30(44-32(33)41)21(4)16-20(3)28(38)26(15-18)43-8/h9-11,16-18,20,25-26,28,30,34,38H,12-15H2,1-8H3,(H2,33,41)(H,35,40)/b11-9+,19-10-,21-16+/t18-,20-,25-,26-,28+,30+/m1/s1. The minimum absolute atomic E-state index is 0.114. The zero-order valence-electron chi connectivity index (χ0n) is 27.0. The van der Waals surface area contributed by atoms with Crippen molar-refractivity contribution in [1.82, 2.24) is 15.5 Å². The van der Waals surface area contributed by atoms with Crippen LogP contribution in [0.1, 0.15) is 40.5 Å². The smallest absolute Gasteiger partial charge is 0.405 e. The third-order valence-corrected chi connectivity index (χ3v) is 7.65. The van der Waals surface area contributed by atoms with E-state index in [9.17, 15) is 24.3 Å². The maximum atomic E-state index is 13.7. The van der Waals surface area contributed by atoms with E-state index in [0.29, 0.717) is 25.1 Å². The fraction of sp³-hybridized carbons (Fsp3) is 0.562. The predicted octanol–water partition coefficient (Wildman–Crippen LogP) is 1.91. The average Bonchev–Trinajstić information content (AvgIpc) is 2.95. The molecule has 0 radical (unpaired) electrons. The van der Waals surface area contributed by atoms with Crippen molar-refractivity contribution in [2.45, 2.75) is 65.0 Å². The number of carbonyl (C=O) groups excluding carboxylic acids is 4. The van der Waals surface area contributed by atoms with Crippen molar-refractivity contribution in [1.29, 1.82) is 0 Å². The van der Waals surface area contributed by atoms with Crippen molar-refractivity contribution in [2.24, 2.45) is 17.6 Å². The number of primary amides is 1. The molecule has 6 atom stereocenters. The van der Waals surface area contributed by atoms with Crippen LogP contribution in [0, 0.1) is 11.8 Å². The number of ether oxygens (including phenoxy) is 3. The molecule has 0 saturated carbocycles. The van der Waals surface area contributed by atoms with Gasteiger partial charge in [-0.1, -0.05) is 38.2 Å². The first-order valence-corrected chi connectivity index (χ1v) is 14.7. The van der Waals surface area contributed by atoms with E-state index in [0.717, 1.165) is 6.08 Å². The normalized spacial score (nSPS) is 31.0. The Kier molecular flexibility index (Phi) is 14.2. The van der Waals surface area contributed by atoms with Crippen LogP contribution in [0.25, 0.3) is 0 Å². The first-order valence-electron chi connectivity index (χ1n) is 14.7. The Morgan fingerprint density at radius 1 is 1.16 bits per heavy atom. The highest BCUT2D eigenvalue weighted by Crippen LogP contribution is 2.28. The van der Waals surface area contributed by atoms with Crippen LogP contribution in [-0.2, 0) is 28.6 Å². The van der Waals surface area contributed by atoms with Crippen LogP contribution in [0.15, 0.2) is 58.5 Å². The molecule has 0 fully saturated rings. The van der Waals surface area contributed by atoms with E-state index >= 15 is 0 Å². The number of rotatable bonds is 7. The molecule has 1 aliphatic heterocycles. The van der Waals surface area contributed by atoms with Gasteiger partial charge < -0.3 is 40.6 Å². The molecule has 2 bridgehead atoms. The number of hydrogen-bond acceptors (Lipinski definition) is 10. The number of nitrogens with one attached hydrogen (secondary N) is 2. The fourth-order valence-corrected chi connectivity index (χ4v) is 5.18. The quantitative estimate of drug-likeness (QED) is 0.245. The van der Waals surface area contributed by atoms with Gasteiger partial charge in [-0.25, -0.2) is 4.79 Å². The molecule has 2 rings (SSSR count). The highest BCUT2D eigenvalue weighted by atomic mass is 16.6. The van der Waals surface area contributed by atoms with Crippen LogP contribution in [0.4, 0.5) is 4.79 Å². The van der Waals surface area contributed by atoms with E-state index in [1.54, 1.807) is 32.1 Å². The lowest BCUT2D eigenvalue weighted by atomic mass is 9.85. The molecule has 1 heterocycles. The van der Waals surface area contributed by atoms with Gasteiger partial charge in [-0.2, -0.15) is 0 Å². The molecule has 0 spiro atoms. The Hall–Kier alpha value is -3.58. The molecule has 0 aromatic heterocycles. The summed E-state index contributed by atoms with van der Waals surface area (Å²) in [7, 11) is 6.74. The number of amides is 2. The summed E-state index contributed by atoms with van der Waals surface area (Å²) in [6.45, 7) is 8.09. The van der Waals surface area contributed by atoms with Crippen LogP contribution < -0.4 is 16.4 Å². The van der Waals surface area contributed by atoms with E-state index in [-0.39, 0.29) is 34.9 Å². The molecule has 12 nitrogen and oxygen atoms in total. The van der Waals surface area contributed by atoms with Crippen molar-refractivity contribution in [3.05, 3.63) is 58.5 Å². The zero-order chi connectivity index (χ0) is 33.1. The van der Waals surface area contributed by atoms with Crippen LogP contribution in [0.2, 0.25) is 0 Å². The highest BCUT2D eigenvalue weighted by Gasteiger charge is 2.33. The van der Waals surface area contributed by atoms with Crippen molar-refractivity contribution in [3.63, 3.8) is 0 Å². The Morgan fingerprint density at radius 2 is 1.84 bits per heavy atom. The Bertz CT molecular complexity index is 1230. The second kappa shape index (κ2) is 17.0. The second-order valence-electron chi connectivity index (χ2n) is 11.7. The van der Waals surface area contributed by atoms with Crippen molar-refractivity contribution < 1.29 is 38.5 Å². The highest BCUT2D eigenvalue weighted by molar-refractivity contribution is 6.23. The topological polar surface area (TPSA) is 170 Å². The zero-order valence-corrected chi connectivity index (χ0v) is 27.0. The number of aliphatic hydroxyl groups excluding tert-OH is 1. The summed E-state index contributed by atoms with van der Waals surface area (Å²) in [5.74, 6) is -2.06. The molecule has 5 N–H and O–H groups in total. The lowest BCUT2D eigenvalue weighted by Crippen LogP contribution is -2.38. The lowest BCUT2D eigenvalue weighted by molar-refractivity contribution is -0.120. The summed E-state index contributed by atoms with van der Waals surface area (Å²) in [5.41, 5.74) is 6.55. The molecular formula is C32H48N4O8. The molecule has 2 aliphatic rings. The van der Waals surface area contributed by atoms with Crippen LogP contribution in [0.5, 0.6) is 0 Å². The van der Waals surface area contributed by atoms with Crippen molar-refractivity contribution in [2.75, 3.05) is 41.4 Å². The third kappa shape index (κ3) is 10.3. The molecule has 12 heteroatoms. The van der Waals surface area contributed by atoms with E-state index in [1.807, 2.05) is 32.8 Å². The van der Waals surface area contributed by atoms with E-state index in [4.69, 9.17) is 19.9 Å². The molecule has 244 valence electrons. The van der Waals surface area contributed by atoms with E-state index in [1.165, 1.54) is 20.3 Å². The molecule has 1 aliphatic carbocycles. The van der Waals surface area contributed by atoms with Gasteiger partial charge in [0.05, 0.1) is 23.6 Å². The van der Waals surface area contributed by atoms with Gasteiger partial charge >= 0.3 is 6.09 Å². The summed E-state index contributed by atoms with van der Waals surface area (Å²) in [6, 6.07) is 0.